The molecule has 3 aromatic rings. The quantitative estimate of drug-likeness (QED) is 0.722. The summed E-state index contributed by atoms with van der Waals surface area (Å²) in [5, 5.41) is 6.78. The number of fused-ring (bicyclic) bond motifs is 1. The van der Waals surface area contributed by atoms with E-state index in [0.717, 1.165) is 4.90 Å². The number of nitrogens with one attached hydrogen (secondary N) is 1. The lowest BCUT2D eigenvalue weighted by Crippen LogP contribution is -2.37. The van der Waals surface area contributed by atoms with Crippen LogP contribution < -0.4 is 5.32 Å². The van der Waals surface area contributed by atoms with Crippen LogP contribution in [0.5, 0.6) is 0 Å². The van der Waals surface area contributed by atoms with Gasteiger partial charge in [0.1, 0.15) is 6.54 Å². The van der Waals surface area contributed by atoms with E-state index in [9.17, 15) is 14.4 Å². The summed E-state index contributed by atoms with van der Waals surface area (Å²) in [4.78, 5) is 42.3. The second-order valence-electron chi connectivity index (χ2n) is 5.62. The third-order valence-electron chi connectivity index (χ3n) is 3.96. The number of benzene rings is 1. The monoisotopic (exact) mass is 347 g/mol. The smallest absolute Gasteiger partial charge is 0.262 e. The second kappa shape index (κ2) is 6.25. The van der Waals surface area contributed by atoms with Crippen molar-refractivity contribution in [3.8, 4) is 5.82 Å². The molecule has 1 aliphatic rings. The van der Waals surface area contributed by atoms with Gasteiger partial charge in [-0.3, -0.25) is 19.3 Å². The van der Waals surface area contributed by atoms with Crippen LogP contribution in [0, 0.1) is 0 Å². The van der Waals surface area contributed by atoms with Gasteiger partial charge in [0, 0.05) is 18.6 Å². The Balaban J connectivity index is 1.53. The SMILES string of the molecule is O=C(CN1C(=O)c2ccccc2C1=O)Nc1cccnc1-n1cccn1. The molecule has 0 bridgehead atoms. The van der Waals surface area contributed by atoms with Crippen LogP contribution in [0.1, 0.15) is 20.7 Å². The van der Waals surface area contributed by atoms with Gasteiger partial charge in [0.15, 0.2) is 5.82 Å². The van der Waals surface area contributed by atoms with E-state index in [-0.39, 0.29) is 6.54 Å². The molecule has 0 fully saturated rings. The molecule has 0 spiro atoms. The lowest BCUT2D eigenvalue weighted by Gasteiger charge is -2.15. The Morgan fingerprint density at radius 2 is 1.69 bits per heavy atom. The highest BCUT2D eigenvalue weighted by atomic mass is 16.2. The molecule has 3 heterocycles. The molecule has 4 rings (SSSR count). The van der Waals surface area contributed by atoms with E-state index < -0.39 is 17.7 Å². The van der Waals surface area contributed by atoms with E-state index in [4.69, 9.17) is 0 Å². The van der Waals surface area contributed by atoms with Crippen LogP contribution in [0.2, 0.25) is 0 Å². The molecule has 128 valence electrons. The average Bonchev–Trinajstić information content (AvgIpc) is 3.26. The van der Waals surface area contributed by atoms with E-state index >= 15 is 0 Å². The van der Waals surface area contributed by atoms with Gasteiger partial charge in [-0.2, -0.15) is 5.10 Å². The van der Waals surface area contributed by atoms with Crippen molar-refractivity contribution in [1.29, 1.82) is 0 Å². The lowest BCUT2D eigenvalue weighted by molar-refractivity contribution is -0.116. The summed E-state index contributed by atoms with van der Waals surface area (Å²) in [5.41, 5.74) is 1.05. The molecule has 8 heteroatoms. The van der Waals surface area contributed by atoms with Crippen molar-refractivity contribution in [2.45, 2.75) is 0 Å². The molecule has 8 nitrogen and oxygen atoms in total. The summed E-state index contributed by atoms with van der Waals surface area (Å²) in [5.74, 6) is -1.01. The number of nitrogens with zero attached hydrogens (tertiary/aromatic N) is 4. The molecule has 0 radical (unpaired) electrons. The van der Waals surface area contributed by atoms with Crippen LogP contribution in [0.25, 0.3) is 5.82 Å². The van der Waals surface area contributed by atoms with E-state index in [1.54, 1.807) is 61.1 Å². The number of hydrogen-bond acceptors (Lipinski definition) is 5. The minimum Gasteiger partial charge on any atom is -0.321 e. The van der Waals surface area contributed by atoms with Crippen LogP contribution in [-0.4, -0.2) is 43.9 Å². The summed E-state index contributed by atoms with van der Waals surface area (Å²) >= 11 is 0. The first-order chi connectivity index (χ1) is 12.6. The van der Waals surface area contributed by atoms with Crippen LogP contribution in [0.3, 0.4) is 0 Å². The predicted octanol–water partition coefficient (Wildman–Crippen LogP) is 1.50. The fraction of sp³-hybridized carbons (Fsp3) is 0.0556. The van der Waals surface area contributed by atoms with E-state index in [0.29, 0.717) is 22.6 Å². The third kappa shape index (κ3) is 2.63. The van der Waals surface area contributed by atoms with Crippen molar-refractivity contribution >= 4 is 23.4 Å². The molecule has 1 aliphatic heterocycles. The van der Waals surface area contributed by atoms with Gasteiger partial charge < -0.3 is 5.32 Å². The maximum absolute atomic E-state index is 12.4. The molecule has 0 aliphatic carbocycles. The molecule has 2 aromatic heterocycles. The fourth-order valence-corrected chi connectivity index (χ4v) is 2.79. The normalized spacial score (nSPS) is 13.0. The van der Waals surface area contributed by atoms with Gasteiger partial charge in [-0.15, -0.1) is 0 Å². The van der Waals surface area contributed by atoms with E-state index in [2.05, 4.69) is 15.4 Å². The third-order valence-corrected chi connectivity index (χ3v) is 3.96. The molecule has 1 aromatic carbocycles. The molecule has 0 saturated carbocycles. The first-order valence-electron chi connectivity index (χ1n) is 7.85. The Morgan fingerprint density at radius 3 is 2.35 bits per heavy atom. The summed E-state index contributed by atoms with van der Waals surface area (Å²) in [6.45, 7) is -0.375. The van der Waals surface area contributed by atoms with Gasteiger partial charge in [-0.25, -0.2) is 9.67 Å². The largest absolute Gasteiger partial charge is 0.321 e. The van der Waals surface area contributed by atoms with E-state index in [1.165, 1.54) is 4.68 Å². The van der Waals surface area contributed by atoms with Crippen molar-refractivity contribution in [3.05, 3.63) is 72.2 Å². The number of amides is 3. The first kappa shape index (κ1) is 15.7. The zero-order valence-corrected chi connectivity index (χ0v) is 13.5. The zero-order chi connectivity index (χ0) is 18.1. The Hall–Kier alpha value is -3.81. The second-order valence-corrected chi connectivity index (χ2v) is 5.62. The number of carbonyl (C=O) groups is 3. The van der Waals surface area contributed by atoms with Gasteiger partial charge in [-0.1, -0.05) is 12.1 Å². The van der Waals surface area contributed by atoms with Gasteiger partial charge in [0.05, 0.1) is 16.8 Å². The molecule has 0 atom stereocenters. The topological polar surface area (TPSA) is 97.2 Å². The number of rotatable bonds is 4. The summed E-state index contributed by atoms with van der Waals surface area (Å²) < 4.78 is 1.51. The van der Waals surface area contributed by atoms with E-state index in [1.807, 2.05) is 0 Å². The van der Waals surface area contributed by atoms with Crippen molar-refractivity contribution in [1.82, 2.24) is 19.7 Å². The highest BCUT2D eigenvalue weighted by molar-refractivity contribution is 6.22. The molecule has 0 unspecified atom stereocenters. The number of imide groups is 1. The van der Waals surface area contributed by atoms with Crippen LogP contribution in [0.4, 0.5) is 5.69 Å². The maximum Gasteiger partial charge on any atom is 0.262 e. The number of hydrogen-bond donors (Lipinski definition) is 1. The molecular formula is C18H13N5O3. The van der Waals surface area contributed by atoms with Gasteiger partial charge in [-0.05, 0) is 30.3 Å². The van der Waals surface area contributed by atoms with Crippen LogP contribution in [-0.2, 0) is 4.79 Å². The van der Waals surface area contributed by atoms with Crippen LogP contribution >= 0.6 is 0 Å². The van der Waals surface area contributed by atoms with Crippen molar-refractivity contribution < 1.29 is 14.4 Å². The predicted molar refractivity (Wildman–Crippen MR) is 91.8 cm³/mol. The maximum atomic E-state index is 12.4. The van der Waals surface area contributed by atoms with Crippen molar-refractivity contribution in [2.24, 2.45) is 0 Å². The standard InChI is InChI=1S/C18H13N5O3/c24-15(11-22-17(25)12-5-1-2-6-13(12)18(22)26)21-14-7-3-8-19-16(14)23-10-4-9-20-23/h1-10H,11H2,(H,21,24). The Labute approximate surface area is 148 Å². The minimum absolute atomic E-state index is 0.309. The summed E-state index contributed by atoms with van der Waals surface area (Å²) in [7, 11) is 0. The highest BCUT2D eigenvalue weighted by Crippen LogP contribution is 2.22. The highest BCUT2D eigenvalue weighted by Gasteiger charge is 2.36. The molecule has 3 amide bonds. The molecular weight excluding hydrogens is 334 g/mol. The number of aromatic nitrogens is 3. The lowest BCUT2D eigenvalue weighted by atomic mass is 10.1. The Bertz CT molecular complexity index is 978. The zero-order valence-electron chi connectivity index (χ0n) is 13.5. The Morgan fingerprint density at radius 1 is 0.962 bits per heavy atom. The van der Waals surface area contributed by atoms with Crippen molar-refractivity contribution in [2.75, 3.05) is 11.9 Å². The molecule has 1 N–H and O–H groups in total. The molecule has 26 heavy (non-hydrogen) atoms. The fourth-order valence-electron chi connectivity index (χ4n) is 2.79. The number of anilines is 1. The number of carbonyl (C=O) groups excluding carboxylic acids is 3. The summed E-state index contributed by atoms with van der Waals surface area (Å²) in [6.07, 6.45) is 4.87. The average molecular weight is 347 g/mol. The molecule has 0 saturated heterocycles. The van der Waals surface area contributed by atoms with Crippen LogP contribution in [0.15, 0.2) is 61.1 Å². The Kier molecular flexibility index (Phi) is 3.77. The van der Waals surface area contributed by atoms with Gasteiger partial charge in [0.2, 0.25) is 5.91 Å². The van der Waals surface area contributed by atoms with Gasteiger partial charge in [0.25, 0.3) is 11.8 Å². The minimum atomic E-state index is -0.499. The summed E-state index contributed by atoms with van der Waals surface area (Å²) in [6, 6.07) is 11.6. The van der Waals surface area contributed by atoms with Gasteiger partial charge >= 0.3 is 0 Å². The first-order valence-corrected chi connectivity index (χ1v) is 7.85. The van der Waals surface area contributed by atoms with Crippen molar-refractivity contribution in [3.63, 3.8) is 0 Å². The number of pyridine rings is 1.